The Kier molecular flexibility index (Phi) is 75.0. The van der Waals surface area contributed by atoms with Crippen molar-refractivity contribution in [2.45, 2.75) is 4.90 Å². The summed E-state index contributed by atoms with van der Waals surface area (Å²) in [6.45, 7) is 24.7. The Morgan fingerprint density at radius 3 is 0.722 bits per heavy atom. The highest BCUT2D eigenvalue weighted by Crippen LogP contribution is 2.34. The summed E-state index contributed by atoms with van der Waals surface area (Å²) in [5.74, 6) is 0. The van der Waals surface area contributed by atoms with E-state index in [0.29, 0.717) is 388 Å². The molecule has 35 nitrogen and oxygen atoms in total. The molecule has 1 aliphatic rings. The van der Waals surface area contributed by atoms with E-state index in [1.165, 1.54) is 6.07 Å². The van der Waals surface area contributed by atoms with Crippen molar-refractivity contribution in [3.63, 3.8) is 0 Å². The van der Waals surface area contributed by atoms with Crippen LogP contribution in [0.4, 0.5) is 5.69 Å². The van der Waals surface area contributed by atoms with E-state index < -0.39 is 10.1 Å². The summed E-state index contributed by atoms with van der Waals surface area (Å²) >= 11 is 0. The van der Waals surface area contributed by atoms with Crippen molar-refractivity contribution in [1.82, 2.24) is 0 Å². The predicted molar refractivity (Wildman–Crippen MR) is 424 cm³/mol. The first kappa shape index (κ1) is 105. The fraction of sp³-hybridized carbons (Fsp3) is 0.759. The summed E-state index contributed by atoms with van der Waals surface area (Å²) < 4.78 is 188. The molecule has 1 aliphatic carbocycles. The van der Waals surface area contributed by atoms with Gasteiger partial charge in [-0.25, -0.2) is 4.58 Å². The van der Waals surface area contributed by atoms with Crippen molar-refractivity contribution in [3.8, 4) is 0 Å². The molecule has 0 atom stereocenters. The Morgan fingerprint density at radius 1 is 0.270 bits per heavy atom. The Morgan fingerprint density at radius 2 is 0.487 bits per heavy atom. The molecule has 0 aliphatic heterocycles. The molecular formula is C79H137N2O33S+. The van der Waals surface area contributed by atoms with Gasteiger partial charge in [0.25, 0.3) is 10.1 Å². The van der Waals surface area contributed by atoms with Crippen LogP contribution in [-0.4, -0.2) is 435 Å². The molecule has 5 N–H and O–H groups in total. The number of hydrogen-bond donors (Lipinski definition) is 5. The number of nitrogens with zero attached hydrogens (tertiary/aromatic N) is 1. The number of anilines is 1. The maximum Gasteiger partial charge on any atom is 0.295 e. The summed E-state index contributed by atoms with van der Waals surface area (Å²) in [6, 6.07) is 14.0. The molecule has 0 unspecified atom stereocenters. The molecule has 666 valence electrons. The molecule has 115 heavy (non-hydrogen) atoms. The number of nitrogens with one attached hydrogen (secondary N) is 1. The molecule has 0 saturated carbocycles. The lowest BCUT2D eigenvalue weighted by Crippen LogP contribution is -2.28. The second-order valence-corrected chi connectivity index (χ2v) is 25.5. The normalized spacial score (nSPS) is 12.4. The number of allylic oxidation sites excluding steroid dienone is 5. The lowest BCUT2D eigenvalue weighted by atomic mass is 9.90. The SMILES string of the molecule is O=S(=O)(O)c1ccccc1C(=C1C=CC(=[N+](CCOCCOCCOCCOCCOCCOCCOCCOCCOCCO)CCOCCOCCOCCOCCOCCOCCOCCOCCOCCO)C=C1)c1ccc(NCCOCCOCCOCCOCCOCCOCCOCCOCCOCCO)cc1. The number of hydrogen-bond acceptors (Lipinski definition) is 33. The van der Waals surface area contributed by atoms with Crippen molar-refractivity contribution >= 4 is 27.1 Å². The van der Waals surface area contributed by atoms with Crippen LogP contribution in [0.25, 0.3) is 5.57 Å². The summed E-state index contributed by atoms with van der Waals surface area (Å²) in [5, 5.41) is 29.5. The van der Waals surface area contributed by atoms with E-state index in [4.69, 9.17) is 143 Å². The average molecular weight is 1680 g/mol. The van der Waals surface area contributed by atoms with E-state index in [2.05, 4.69) is 9.89 Å². The molecule has 0 aromatic heterocycles. The van der Waals surface area contributed by atoms with Gasteiger partial charge >= 0.3 is 0 Å². The third-order valence-electron chi connectivity index (χ3n) is 15.4. The maximum absolute atomic E-state index is 12.9. The van der Waals surface area contributed by atoms with Gasteiger partial charge in [0.1, 0.15) is 18.1 Å². The Labute approximate surface area is 681 Å². The molecule has 3 rings (SSSR count). The third-order valence-corrected chi connectivity index (χ3v) is 16.3. The quantitative estimate of drug-likeness (QED) is 0.0360. The Bertz CT molecular complexity index is 2610. The second kappa shape index (κ2) is 82.2. The minimum atomic E-state index is -4.62. The van der Waals surface area contributed by atoms with Crippen molar-refractivity contribution in [3.05, 3.63) is 89.5 Å². The molecule has 0 saturated heterocycles. The van der Waals surface area contributed by atoms with Gasteiger partial charge in [0.05, 0.1) is 363 Å². The molecular weight excluding hydrogens is 1540 g/mol. The van der Waals surface area contributed by atoms with Crippen LogP contribution in [0.5, 0.6) is 0 Å². The van der Waals surface area contributed by atoms with Gasteiger partial charge in [-0.3, -0.25) is 4.55 Å². The predicted octanol–water partition coefficient (Wildman–Crippen LogP) is 2.15. The first-order valence-corrected chi connectivity index (χ1v) is 41.4. The lowest BCUT2D eigenvalue weighted by molar-refractivity contribution is -0.532. The first-order valence-electron chi connectivity index (χ1n) is 39.9. The van der Waals surface area contributed by atoms with E-state index in [0.717, 1.165) is 22.5 Å². The van der Waals surface area contributed by atoms with Crippen LogP contribution >= 0.6 is 0 Å². The van der Waals surface area contributed by atoms with Crippen LogP contribution in [0, 0.1) is 0 Å². The highest BCUT2D eigenvalue weighted by molar-refractivity contribution is 7.86. The zero-order chi connectivity index (χ0) is 81.8. The van der Waals surface area contributed by atoms with Gasteiger partial charge < -0.3 is 149 Å². The lowest BCUT2D eigenvalue weighted by Gasteiger charge is -2.17. The summed E-state index contributed by atoms with van der Waals surface area (Å²) in [4.78, 5) is -0.217. The fourth-order valence-electron chi connectivity index (χ4n) is 9.73. The van der Waals surface area contributed by atoms with Gasteiger partial charge in [0, 0.05) is 29.9 Å². The third kappa shape index (κ3) is 65.3. The molecule has 0 bridgehead atoms. The van der Waals surface area contributed by atoms with Crippen molar-refractivity contribution in [1.29, 1.82) is 0 Å². The van der Waals surface area contributed by atoms with Gasteiger partial charge in [-0.2, -0.15) is 8.42 Å². The van der Waals surface area contributed by atoms with Gasteiger partial charge in [-0.05, 0) is 47.1 Å². The number of ether oxygens (including phenoxy) is 27. The smallest absolute Gasteiger partial charge is 0.295 e. The number of rotatable bonds is 91. The molecule has 0 heterocycles. The Balaban J connectivity index is 1.38. The van der Waals surface area contributed by atoms with Crippen LogP contribution in [0.15, 0.2) is 83.3 Å². The molecule has 0 amide bonds. The topological polar surface area (TPSA) is 379 Å². The second-order valence-electron chi connectivity index (χ2n) is 24.1. The minimum Gasteiger partial charge on any atom is -0.394 e. The summed E-state index contributed by atoms with van der Waals surface area (Å²) in [6.07, 6.45) is 7.82. The van der Waals surface area contributed by atoms with E-state index in [1.54, 1.807) is 18.2 Å². The van der Waals surface area contributed by atoms with Crippen molar-refractivity contribution in [2.24, 2.45) is 0 Å². The Hall–Kier alpha value is -4.16. The van der Waals surface area contributed by atoms with Crippen LogP contribution in [-0.2, 0) is 138 Å². The van der Waals surface area contributed by atoms with Crippen LogP contribution in [0.2, 0.25) is 0 Å². The van der Waals surface area contributed by atoms with E-state index in [-0.39, 0.29) is 24.7 Å². The maximum atomic E-state index is 12.9. The molecule has 0 radical (unpaired) electrons. The monoisotopic (exact) mass is 1670 g/mol. The molecule has 2 aromatic carbocycles. The molecule has 36 heteroatoms. The average Bonchev–Trinajstić information content (AvgIpc) is 0.780. The van der Waals surface area contributed by atoms with E-state index in [9.17, 15) is 13.0 Å². The van der Waals surface area contributed by atoms with Crippen LogP contribution in [0.3, 0.4) is 0 Å². The summed E-state index contributed by atoms with van der Waals surface area (Å²) in [5.41, 5.74) is 4.10. The molecule has 2 aromatic rings. The van der Waals surface area contributed by atoms with Crippen molar-refractivity contribution in [2.75, 3.05) is 402 Å². The van der Waals surface area contributed by atoms with Gasteiger partial charge in [0.2, 0.25) is 0 Å². The minimum absolute atomic E-state index is 0.00148. The van der Waals surface area contributed by atoms with Gasteiger partial charge in [-0.15, -0.1) is 0 Å². The van der Waals surface area contributed by atoms with Crippen molar-refractivity contribution < 1.29 is 161 Å². The molecule has 0 fully saturated rings. The van der Waals surface area contributed by atoms with Gasteiger partial charge in [0.15, 0.2) is 18.8 Å². The standard InChI is InChI=1S/C79H136N2O33S/c82-16-22-91-28-34-97-40-46-103-52-58-109-64-70-112-67-61-106-55-49-100-43-37-94-31-25-88-19-13-80-75-9-5-73(6-10-75)79(77-3-1-2-4-78(77)115(85,86)87)74-7-11-76(12-8-74)81(14-20-89-26-32-95-38-44-101-50-56-107-62-68-113-71-65-110-59-53-104-47-41-98-35-29-92-23-17-83)15-21-90-27-33-96-39-45-102-51-57-108-63-69-114-72-66-111-60-54-105-48-42-99-36-30-93-24-18-84/h1-12,82-84H,13-72H2,(H,85,86,87)/p+1. The highest BCUT2D eigenvalue weighted by Gasteiger charge is 2.23. The van der Waals surface area contributed by atoms with Crippen LogP contribution in [0.1, 0.15) is 11.1 Å². The highest BCUT2D eigenvalue weighted by atomic mass is 32.2. The zero-order valence-corrected chi connectivity index (χ0v) is 68.7. The van der Waals surface area contributed by atoms with E-state index >= 15 is 0 Å². The van der Waals surface area contributed by atoms with Crippen LogP contribution < -0.4 is 5.32 Å². The molecule has 0 spiro atoms. The number of benzene rings is 2. The fourth-order valence-corrected chi connectivity index (χ4v) is 10.4. The van der Waals surface area contributed by atoms with E-state index in [1.807, 2.05) is 48.6 Å². The zero-order valence-electron chi connectivity index (χ0n) is 67.8. The number of aliphatic hydroxyl groups is 3. The first-order chi connectivity index (χ1) is 56.9. The van der Waals surface area contributed by atoms with Gasteiger partial charge in [-0.1, -0.05) is 30.3 Å². The largest absolute Gasteiger partial charge is 0.394 e. The number of aliphatic hydroxyl groups excluding tert-OH is 3. The summed E-state index contributed by atoms with van der Waals surface area (Å²) in [7, 11) is -4.62.